The Morgan fingerprint density at radius 3 is 1.46 bits per heavy atom. The fraction of sp³-hybridized carbons (Fsp3) is 0.231. The first-order chi connectivity index (χ1) is 24.7. The van der Waals surface area contributed by atoms with Gasteiger partial charge in [0.05, 0.1) is 47.6 Å². The van der Waals surface area contributed by atoms with Crippen molar-refractivity contribution in [2.45, 2.75) is 39.2 Å². The molecule has 2 aromatic heterocycles. The van der Waals surface area contributed by atoms with Gasteiger partial charge in [0.2, 0.25) is 0 Å². The highest BCUT2D eigenvalue weighted by atomic mass is 19.4. The number of amides is 2. The van der Waals surface area contributed by atoms with Gasteiger partial charge in [-0.3, -0.25) is 28.3 Å². The van der Waals surface area contributed by atoms with Gasteiger partial charge in [-0.25, -0.2) is 9.97 Å². The molecule has 0 unspecified atom stereocenters. The molecular weight excluding hydrogens is 673 g/mol. The Morgan fingerprint density at radius 1 is 0.654 bits per heavy atom. The van der Waals surface area contributed by atoms with Crippen LogP contribution in [0.3, 0.4) is 0 Å². The van der Waals surface area contributed by atoms with Gasteiger partial charge in [-0.15, -0.1) is 0 Å². The molecule has 4 aromatic carbocycles. The number of hydrogen-bond acceptors (Lipinski definition) is 6. The maximum absolute atomic E-state index is 12.5. The fourth-order valence-corrected chi connectivity index (χ4v) is 5.34. The molecule has 0 aliphatic carbocycles. The van der Waals surface area contributed by atoms with E-state index < -0.39 is 18.6 Å². The minimum absolute atomic E-state index is 0.00825. The van der Waals surface area contributed by atoms with Gasteiger partial charge in [-0.1, -0.05) is 48.5 Å². The molecule has 13 heteroatoms. The third kappa shape index (κ3) is 8.97. The van der Waals surface area contributed by atoms with Crippen molar-refractivity contribution in [1.82, 2.24) is 28.9 Å². The molecule has 0 aliphatic heterocycles. The second-order valence-corrected chi connectivity index (χ2v) is 12.6. The van der Waals surface area contributed by atoms with E-state index in [-0.39, 0.29) is 35.2 Å². The zero-order valence-electron chi connectivity index (χ0n) is 29.0. The number of alkyl halides is 3. The minimum Gasteiger partial charge on any atom is -0.339 e. The van der Waals surface area contributed by atoms with Gasteiger partial charge < -0.3 is 9.80 Å². The lowest BCUT2D eigenvalue weighted by atomic mass is 10.1. The summed E-state index contributed by atoms with van der Waals surface area (Å²) in [6.45, 7) is 3.30. The van der Waals surface area contributed by atoms with Crippen molar-refractivity contribution in [3.05, 3.63) is 153 Å². The van der Waals surface area contributed by atoms with Crippen LogP contribution in [0.2, 0.25) is 0 Å². The maximum Gasteiger partial charge on any atom is 0.406 e. The minimum atomic E-state index is -4.45. The average Bonchev–Trinajstić information content (AvgIpc) is 3.13. The molecule has 0 N–H and O–H groups in total. The fourth-order valence-electron chi connectivity index (χ4n) is 5.34. The summed E-state index contributed by atoms with van der Waals surface area (Å²) in [4.78, 5) is 60.3. The lowest BCUT2D eigenvalue weighted by Gasteiger charge is -2.21. The van der Waals surface area contributed by atoms with E-state index in [2.05, 4.69) is 9.97 Å². The zero-order valence-corrected chi connectivity index (χ0v) is 29.0. The van der Waals surface area contributed by atoms with Gasteiger partial charge in [-0.05, 0) is 73.5 Å². The average molecular weight is 711 g/mol. The number of nitrogens with zero attached hydrogens (tertiary/aromatic N) is 6. The Balaban J connectivity index is 0.000000202. The maximum atomic E-state index is 12.5. The van der Waals surface area contributed by atoms with Crippen LogP contribution in [0.5, 0.6) is 0 Å². The lowest BCUT2D eigenvalue weighted by Crippen LogP contribution is -2.35. The number of carbonyl (C=O) groups excluding carboxylic acids is 2. The van der Waals surface area contributed by atoms with Gasteiger partial charge in [0, 0.05) is 31.3 Å². The lowest BCUT2D eigenvalue weighted by molar-refractivity contribution is -0.138. The molecule has 2 heterocycles. The summed E-state index contributed by atoms with van der Waals surface area (Å²) in [5.41, 5.74) is 3.51. The van der Waals surface area contributed by atoms with E-state index in [4.69, 9.17) is 0 Å². The molecule has 6 aromatic rings. The third-order valence-corrected chi connectivity index (χ3v) is 8.43. The molecule has 0 radical (unpaired) electrons. The Kier molecular flexibility index (Phi) is 11.3. The monoisotopic (exact) mass is 710 g/mol. The smallest absolute Gasteiger partial charge is 0.339 e. The van der Waals surface area contributed by atoms with Crippen LogP contribution in [0.1, 0.15) is 45.7 Å². The van der Waals surface area contributed by atoms with Crippen molar-refractivity contribution in [3.8, 4) is 0 Å². The number of para-hydroxylation sites is 2. The molecule has 268 valence electrons. The molecule has 0 bridgehead atoms. The normalized spacial score (nSPS) is 11.3. The molecule has 10 nitrogen and oxygen atoms in total. The van der Waals surface area contributed by atoms with Crippen LogP contribution >= 0.6 is 0 Å². The first-order valence-electron chi connectivity index (χ1n) is 16.4. The number of halogens is 3. The summed E-state index contributed by atoms with van der Waals surface area (Å²) >= 11 is 0. The van der Waals surface area contributed by atoms with Crippen LogP contribution in [-0.2, 0) is 13.1 Å². The Labute approximate surface area is 297 Å². The largest absolute Gasteiger partial charge is 0.406 e. The van der Waals surface area contributed by atoms with Gasteiger partial charge in [0.25, 0.3) is 22.9 Å². The van der Waals surface area contributed by atoms with Crippen LogP contribution in [-0.4, -0.2) is 73.6 Å². The van der Waals surface area contributed by atoms with Gasteiger partial charge >= 0.3 is 6.18 Å². The van der Waals surface area contributed by atoms with Crippen molar-refractivity contribution in [3.63, 3.8) is 0 Å². The standard InChI is InChI=1S/C20H21N3O2.C19H16F3N3O2/c1-14(2)22(3)19(24)16-10-8-15(9-11-16)12-23-13-21-18-7-5-4-6-17(18)20(23)25;1-24(11-19(20,21)22)17(26)14-8-6-13(7-9-14)10-25-12-23-16-5-3-2-4-15(16)18(25)27/h4-11,13-14H,12H2,1-3H3;2-9,12H,10-11H2,1H3. The van der Waals surface area contributed by atoms with Crippen LogP contribution < -0.4 is 11.1 Å². The SMILES string of the molecule is CC(C)N(C)C(=O)c1ccc(Cn2cnc3ccccc3c2=O)cc1.CN(CC(F)(F)F)C(=O)c1ccc(Cn2cnc3ccccc3c2=O)cc1. The number of fused-ring (bicyclic) bond motifs is 2. The predicted molar refractivity (Wildman–Crippen MR) is 193 cm³/mol. The first-order valence-corrected chi connectivity index (χ1v) is 16.4. The van der Waals surface area contributed by atoms with E-state index in [1.165, 1.54) is 23.0 Å². The summed E-state index contributed by atoms with van der Waals surface area (Å²) in [6.07, 6.45) is -1.44. The number of hydrogen-bond donors (Lipinski definition) is 0. The number of rotatable bonds is 8. The van der Waals surface area contributed by atoms with Crippen molar-refractivity contribution in [2.75, 3.05) is 20.6 Å². The Hall–Kier alpha value is -6.11. The van der Waals surface area contributed by atoms with Crippen molar-refractivity contribution < 1.29 is 22.8 Å². The van der Waals surface area contributed by atoms with E-state index in [9.17, 15) is 32.3 Å². The molecule has 0 aliphatic rings. The van der Waals surface area contributed by atoms with Crippen molar-refractivity contribution in [1.29, 1.82) is 0 Å². The molecule has 52 heavy (non-hydrogen) atoms. The highest BCUT2D eigenvalue weighted by Crippen LogP contribution is 2.18. The van der Waals surface area contributed by atoms with Crippen molar-refractivity contribution in [2.24, 2.45) is 0 Å². The van der Waals surface area contributed by atoms with Gasteiger partial charge in [0.15, 0.2) is 0 Å². The van der Waals surface area contributed by atoms with Crippen LogP contribution in [0.4, 0.5) is 13.2 Å². The predicted octanol–water partition coefficient (Wildman–Crippen LogP) is 6.00. The van der Waals surface area contributed by atoms with Gasteiger partial charge in [0.1, 0.15) is 6.54 Å². The Morgan fingerprint density at radius 2 is 1.06 bits per heavy atom. The molecule has 6 rings (SSSR count). The second-order valence-electron chi connectivity index (χ2n) is 12.6. The number of carbonyl (C=O) groups is 2. The van der Waals surface area contributed by atoms with Crippen LogP contribution in [0.15, 0.2) is 119 Å². The highest BCUT2D eigenvalue weighted by Gasteiger charge is 2.31. The first kappa shape index (κ1) is 37.2. The third-order valence-electron chi connectivity index (χ3n) is 8.43. The van der Waals surface area contributed by atoms with E-state index in [0.717, 1.165) is 18.2 Å². The quantitative estimate of drug-likeness (QED) is 0.192. The summed E-state index contributed by atoms with van der Waals surface area (Å²) in [5.74, 6) is -0.727. The molecule has 0 saturated carbocycles. The van der Waals surface area contributed by atoms with Crippen molar-refractivity contribution >= 4 is 33.6 Å². The topological polar surface area (TPSA) is 110 Å². The van der Waals surface area contributed by atoms with Crippen LogP contribution in [0.25, 0.3) is 21.8 Å². The highest BCUT2D eigenvalue weighted by molar-refractivity contribution is 5.94. The molecule has 0 atom stereocenters. The van der Waals surface area contributed by atoms with E-state index in [0.29, 0.717) is 38.8 Å². The molecular formula is C39H37F3N6O4. The van der Waals surface area contributed by atoms with E-state index in [1.807, 2.05) is 44.2 Å². The summed E-state index contributed by atoms with van der Waals surface area (Å²) < 4.78 is 40.2. The second kappa shape index (κ2) is 15.8. The van der Waals surface area contributed by atoms with E-state index >= 15 is 0 Å². The number of aromatic nitrogens is 4. The van der Waals surface area contributed by atoms with E-state index in [1.54, 1.807) is 77.4 Å². The zero-order chi connectivity index (χ0) is 37.6. The molecule has 2 amide bonds. The number of benzene rings is 4. The Bertz CT molecular complexity index is 2320. The summed E-state index contributed by atoms with van der Waals surface area (Å²) in [5, 5.41) is 1.11. The molecule has 0 spiro atoms. The summed E-state index contributed by atoms with van der Waals surface area (Å²) in [6, 6.07) is 27.9. The van der Waals surface area contributed by atoms with Gasteiger partial charge in [-0.2, -0.15) is 13.2 Å². The molecule has 0 saturated heterocycles. The summed E-state index contributed by atoms with van der Waals surface area (Å²) in [7, 11) is 2.89. The van der Waals surface area contributed by atoms with Crippen LogP contribution in [0, 0.1) is 0 Å². The molecule has 0 fully saturated rings.